The van der Waals surface area contributed by atoms with E-state index in [0.29, 0.717) is 24.3 Å². The van der Waals surface area contributed by atoms with Gasteiger partial charge < -0.3 is 14.2 Å². The minimum atomic E-state index is -0.997. The molecule has 3 aliphatic rings. The first-order valence-corrected chi connectivity index (χ1v) is 12.6. The van der Waals surface area contributed by atoms with Gasteiger partial charge in [-0.1, -0.05) is 6.92 Å². The van der Waals surface area contributed by atoms with Crippen LogP contribution in [0.25, 0.3) is 0 Å². The van der Waals surface area contributed by atoms with Crippen molar-refractivity contribution < 1.29 is 13.5 Å². The second-order valence-electron chi connectivity index (χ2n) is 9.16. The number of anilines is 1. The van der Waals surface area contributed by atoms with Crippen molar-refractivity contribution in [3.05, 3.63) is 24.2 Å². The summed E-state index contributed by atoms with van der Waals surface area (Å²) in [6, 6.07) is 3.63. The van der Waals surface area contributed by atoms with Crippen molar-refractivity contribution in [1.29, 1.82) is 0 Å². The van der Waals surface area contributed by atoms with Crippen molar-refractivity contribution >= 4 is 16.7 Å². The van der Waals surface area contributed by atoms with Crippen LogP contribution in [0.2, 0.25) is 0 Å². The molecule has 7 nitrogen and oxygen atoms in total. The zero-order chi connectivity index (χ0) is 20.7. The Kier molecular flexibility index (Phi) is 5.52. The molecule has 0 bridgehead atoms. The molecule has 3 unspecified atom stereocenters. The molecule has 2 saturated carbocycles. The number of hydrogen-bond donors (Lipinski definition) is 0. The Hall–Kier alpha value is -1.96. The van der Waals surface area contributed by atoms with Crippen molar-refractivity contribution in [1.82, 2.24) is 15.1 Å². The Labute approximate surface area is 180 Å². The number of hydrogen-bond acceptors (Lipinski definition) is 7. The molecular weight excluding hydrogens is 400 g/mol. The van der Waals surface area contributed by atoms with Crippen LogP contribution in [0, 0.1) is 23.7 Å². The highest BCUT2D eigenvalue weighted by Crippen LogP contribution is 2.50. The molecule has 0 amide bonds. The first-order chi connectivity index (χ1) is 14.6. The van der Waals surface area contributed by atoms with Crippen LogP contribution in [-0.4, -0.2) is 45.3 Å². The SMILES string of the molecule is CC1CC1c1nc(N2CCC([C@H]3C[C@H]3CCOc3ccc(S(C)=O)cn3)CC2)no1. The summed E-state index contributed by atoms with van der Waals surface area (Å²) in [5, 5.41) is 4.22. The monoisotopic (exact) mass is 430 g/mol. The van der Waals surface area contributed by atoms with Crippen LogP contribution in [0.15, 0.2) is 27.7 Å². The summed E-state index contributed by atoms with van der Waals surface area (Å²) in [5.74, 6) is 5.83. The summed E-state index contributed by atoms with van der Waals surface area (Å²) in [5.41, 5.74) is 0. The highest BCUT2D eigenvalue weighted by atomic mass is 32.2. The van der Waals surface area contributed by atoms with Crippen molar-refractivity contribution in [2.24, 2.45) is 23.7 Å². The number of pyridine rings is 1. The minimum Gasteiger partial charge on any atom is -0.478 e. The lowest BCUT2D eigenvalue weighted by Gasteiger charge is -2.31. The Balaban J connectivity index is 1.03. The Morgan fingerprint density at radius 2 is 2.07 bits per heavy atom. The van der Waals surface area contributed by atoms with Gasteiger partial charge in [-0.25, -0.2) is 4.98 Å². The minimum absolute atomic E-state index is 0.488. The van der Waals surface area contributed by atoms with E-state index in [1.165, 1.54) is 25.7 Å². The molecule has 3 fully saturated rings. The van der Waals surface area contributed by atoms with E-state index < -0.39 is 10.8 Å². The molecule has 162 valence electrons. The molecular formula is C22H30N4O3S. The predicted molar refractivity (Wildman–Crippen MR) is 114 cm³/mol. The van der Waals surface area contributed by atoms with E-state index in [0.717, 1.165) is 54.0 Å². The summed E-state index contributed by atoms with van der Waals surface area (Å²) in [7, 11) is -0.997. The second-order valence-corrected chi connectivity index (χ2v) is 10.5. The van der Waals surface area contributed by atoms with Gasteiger partial charge in [-0.05, 0) is 67.0 Å². The molecule has 5 atom stereocenters. The van der Waals surface area contributed by atoms with Crippen molar-refractivity contribution in [3.8, 4) is 5.88 Å². The molecule has 2 aliphatic carbocycles. The van der Waals surface area contributed by atoms with Gasteiger partial charge >= 0.3 is 0 Å². The smallest absolute Gasteiger partial charge is 0.266 e. The molecule has 0 radical (unpaired) electrons. The van der Waals surface area contributed by atoms with Gasteiger partial charge in [0.1, 0.15) is 0 Å². The second kappa shape index (κ2) is 8.29. The average molecular weight is 431 g/mol. The summed E-state index contributed by atoms with van der Waals surface area (Å²) in [6.45, 7) is 4.99. The average Bonchev–Trinajstić information content (AvgIpc) is 3.64. The van der Waals surface area contributed by atoms with E-state index >= 15 is 0 Å². The zero-order valence-electron chi connectivity index (χ0n) is 17.7. The number of nitrogens with zero attached hydrogens (tertiary/aromatic N) is 4. The lowest BCUT2D eigenvalue weighted by Crippen LogP contribution is -2.35. The van der Waals surface area contributed by atoms with E-state index in [1.54, 1.807) is 12.5 Å². The Morgan fingerprint density at radius 1 is 1.27 bits per heavy atom. The van der Waals surface area contributed by atoms with Crippen LogP contribution in [-0.2, 0) is 10.8 Å². The van der Waals surface area contributed by atoms with Crippen molar-refractivity contribution in [2.75, 3.05) is 30.9 Å². The molecule has 1 aliphatic heterocycles. The lowest BCUT2D eigenvalue weighted by molar-refractivity contribution is 0.275. The fourth-order valence-electron chi connectivity index (χ4n) is 4.82. The Bertz CT molecular complexity index is 894. The maximum atomic E-state index is 11.4. The van der Waals surface area contributed by atoms with Crippen LogP contribution in [0.5, 0.6) is 5.88 Å². The topological polar surface area (TPSA) is 81.4 Å². The van der Waals surface area contributed by atoms with Crippen LogP contribution in [0.3, 0.4) is 0 Å². The number of rotatable bonds is 8. The number of ether oxygens (including phenoxy) is 1. The van der Waals surface area contributed by atoms with Crippen LogP contribution < -0.4 is 9.64 Å². The van der Waals surface area contributed by atoms with Crippen molar-refractivity contribution in [3.63, 3.8) is 0 Å². The summed E-state index contributed by atoms with van der Waals surface area (Å²) in [6.07, 6.45) is 9.30. The molecule has 8 heteroatoms. The van der Waals surface area contributed by atoms with Gasteiger partial charge in [0.05, 0.1) is 22.3 Å². The number of piperidine rings is 1. The van der Waals surface area contributed by atoms with Crippen molar-refractivity contribution in [2.45, 2.75) is 49.8 Å². The molecule has 1 saturated heterocycles. The molecule has 30 heavy (non-hydrogen) atoms. The number of aromatic nitrogens is 3. The quantitative estimate of drug-likeness (QED) is 0.632. The molecule has 0 N–H and O–H groups in total. The highest BCUT2D eigenvalue weighted by Gasteiger charge is 2.44. The third kappa shape index (κ3) is 4.38. The standard InChI is InChI=1S/C22H30N4O3S/c1-14-11-18(14)21-24-22(25-29-21)26-8-5-15(6-9-26)19-12-16(19)7-10-28-20-4-3-17(13-23-20)30(2)27/h3-4,13-16,18-19H,5-12H2,1-2H3/t14?,16-,18?,19-,30?/m1/s1. The van der Waals surface area contributed by atoms with E-state index in [4.69, 9.17) is 9.26 Å². The van der Waals surface area contributed by atoms with Crippen LogP contribution in [0.4, 0.5) is 5.95 Å². The summed E-state index contributed by atoms with van der Waals surface area (Å²) in [4.78, 5) is 11.9. The van der Waals surface area contributed by atoms with Gasteiger partial charge in [0.2, 0.25) is 11.8 Å². The van der Waals surface area contributed by atoms with Gasteiger partial charge in [0.25, 0.3) is 5.95 Å². The zero-order valence-corrected chi connectivity index (χ0v) is 18.5. The third-order valence-electron chi connectivity index (χ3n) is 7.04. The fraction of sp³-hybridized carbons (Fsp3) is 0.682. The lowest BCUT2D eigenvalue weighted by atomic mass is 9.90. The van der Waals surface area contributed by atoms with Gasteiger partial charge in [-0.3, -0.25) is 4.21 Å². The van der Waals surface area contributed by atoms with E-state index in [-0.39, 0.29) is 0 Å². The predicted octanol–water partition coefficient (Wildman–Crippen LogP) is 3.65. The van der Waals surface area contributed by atoms with Crippen LogP contribution >= 0.6 is 0 Å². The summed E-state index contributed by atoms with van der Waals surface area (Å²) < 4.78 is 22.7. The van der Waals surface area contributed by atoms with Gasteiger partial charge in [-0.2, -0.15) is 4.98 Å². The summed E-state index contributed by atoms with van der Waals surface area (Å²) >= 11 is 0. The van der Waals surface area contributed by atoms with Crippen LogP contribution in [0.1, 0.15) is 50.8 Å². The highest BCUT2D eigenvalue weighted by molar-refractivity contribution is 7.84. The molecule has 0 spiro atoms. The molecule has 5 rings (SSSR count). The normalized spacial score (nSPS) is 29.6. The fourth-order valence-corrected chi connectivity index (χ4v) is 5.28. The molecule has 2 aromatic heterocycles. The van der Waals surface area contributed by atoms with Gasteiger partial charge in [-0.15, -0.1) is 0 Å². The van der Waals surface area contributed by atoms with Gasteiger partial charge in [0.15, 0.2) is 0 Å². The van der Waals surface area contributed by atoms with Gasteiger partial charge in [0, 0.05) is 37.5 Å². The molecule has 2 aromatic rings. The largest absolute Gasteiger partial charge is 0.478 e. The van der Waals surface area contributed by atoms with E-state index in [1.807, 2.05) is 12.1 Å². The third-order valence-corrected chi connectivity index (χ3v) is 7.95. The molecule has 3 heterocycles. The first-order valence-electron chi connectivity index (χ1n) is 11.1. The van der Waals surface area contributed by atoms with E-state index in [2.05, 4.69) is 26.9 Å². The maximum Gasteiger partial charge on any atom is 0.266 e. The Morgan fingerprint density at radius 3 is 2.73 bits per heavy atom. The first kappa shape index (κ1) is 20.0. The molecule has 0 aromatic carbocycles. The maximum absolute atomic E-state index is 11.4. The van der Waals surface area contributed by atoms with E-state index in [9.17, 15) is 4.21 Å².